The number of imidazole rings is 1. The summed E-state index contributed by atoms with van der Waals surface area (Å²) in [4.78, 5) is 30.5. The fraction of sp³-hybridized carbons (Fsp3) is 0.148. The predicted octanol–water partition coefficient (Wildman–Crippen LogP) is 6.42. The third kappa shape index (κ3) is 4.14. The van der Waals surface area contributed by atoms with Crippen molar-refractivity contribution in [1.82, 2.24) is 30.1 Å². The van der Waals surface area contributed by atoms with Crippen molar-refractivity contribution in [3.63, 3.8) is 0 Å². The number of aromatic nitrogens is 6. The Bertz CT molecular complexity index is 1670. The molecular weight excluding hydrogens is 470 g/mol. The first kappa shape index (κ1) is 22.1. The second-order valence-electron chi connectivity index (χ2n) is 8.54. The number of anilines is 1. The summed E-state index contributed by atoms with van der Waals surface area (Å²) >= 11 is 1.69. The molecular formula is C27H23N7OS. The number of hydrogen-bond acceptors (Lipinski definition) is 6. The molecule has 0 fully saturated rings. The van der Waals surface area contributed by atoms with Crippen molar-refractivity contribution in [1.29, 1.82) is 0 Å². The average molecular weight is 494 g/mol. The summed E-state index contributed by atoms with van der Waals surface area (Å²) in [5.74, 6) is 1.21. The van der Waals surface area contributed by atoms with E-state index < -0.39 is 0 Å². The number of benzene rings is 1. The highest BCUT2D eigenvalue weighted by Crippen LogP contribution is 2.34. The number of unbranched alkanes of at least 4 members (excludes halogenated alkanes) is 1. The fourth-order valence-electron chi connectivity index (χ4n) is 4.19. The van der Waals surface area contributed by atoms with E-state index in [1.165, 1.54) is 4.88 Å². The van der Waals surface area contributed by atoms with Crippen LogP contribution < -0.4 is 5.32 Å². The van der Waals surface area contributed by atoms with Gasteiger partial charge in [-0.05, 0) is 42.1 Å². The summed E-state index contributed by atoms with van der Waals surface area (Å²) in [6.45, 7) is 2.06. The molecule has 0 aliphatic heterocycles. The highest BCUT2D eigenvalue weighted by molar-refractivity contribution is 7.13. The molecule has 6 aromatic rings. The summed E-state index contributed by atoms with van der Waals surface area (Å²) < 4.78 is 0. The molecule has 1 aromatic carbocycles. The van der Waals surface area contributed by atoms with Crippen LogP contribution >= 0.6 is 11.3 Å². The van der Waals surface area contributed by atoms with Crippen LogP contribution in [0, 0.1) is 0 Å². The standard InChI is InChI=1S/C27H23N7OS/c1-2-3-9-24(35)31-23-11-10-16(14-29-23)20-13-18-21(15-28-20)33-34-26(18)27-30-19-7-4-6-17(25(19)32-27)22-8-5-12-36-22/h4-8,10-15H,2-3,9H2,1H3,(H,30,32)(H,33,34)(H,29,31,35). The Balaban J connectivity index is 1.33. The van der Waals surface area contributed by atoms with Crippen molar-refractivity contribution in [3.8, 4) is 33.2 Å². The van der Waals surface area contributed by atoms with Gasteiger partial charge in [0.15, 0.2) is 5.82 Å². The van der Waals surface area contributed by atoms with Gasteiger partial charge in [0.05, 0.1) is 28.4 Å². The molecule has 0 bridgehead atoms. The molecule has 9 heteroatoms. The lowest BCUT2D eigenvalue weighted by molar-refractivity contribution is -0.116. The third-order valence-electron chi connectivity index (χ3n) is 6.06. The summed E-state index contributed by atoms with van der Waals surface area (Å²) in [5.41, 5.74) is 6.13. The van der Waals surface area contributed by atoms with Gasteiger partial charge in [0.2, 0.25) is 5.91 Å². The van der Waals surface area contributed by atoms with Crippen LogP contribution in [-0.2, 0) is 4.79 Å². The second kappa shape index (κ2) is 9.35. The molecule has 0 unspecified atom stereocenters. The minimum absolute atomic E-state index is 0.0206. The lowest BCUT2D eigenvalue weighted by atomic mass is 10.1. The number of aromatic amines is 2. The Morgan fingerprint density at radius 2 is 2.00 bits per heavy atom. The maximum atomic E-state index is 12.0. The SMILES string of the molecule is CCCCC(=O)Nc1ccc(-c2cc3c(-c4nc5c(-c6cccs6)cccc5[nH]4)n[nH]c3cn2)cn1. The van der Waals surface area contributed by atoms with Gasteiger partial charge in [0.25, 0.3) is 0 Å². The van der Waals surface area contributed by atoms with E-state index >= 15 is 0 Å². The Morgan fingerprint density at radius 3 is 2.81 bits per heavy atom. The van der Waals surface area contributed by atoms with E-state index in [1.807, 2.05) is 30.3 Å². The van der Waals surface area contributed by atoms with E-state index in [2.05, 4.69) is 54.9 Å². The molecule has 8 nitrogen and oxygen atoms in total. The number of carbonyl (C=O) groups excluding carboxylic acids is 1. The fourth-order valence-corrected chi connectivity index (χ4v) is 4.94. The Morgan fingerprint density at radius 1 is 1.06 bits per heavy atom. The monoisotopic (exact) mass is 493 g/mol. The van der Waals surface area contributed by atoms with Crippen LogP contribution in [0.3, 0.4) is 0 Å². The number of para-hydroxylation sites is 1. The highest BCUT2D eigenvalue weighted by Gasteiger charge is 2.16. The van der Waals surface area contributed by atoms with Crippen molar-refractivity contribution in [2.24, 2.45) is 0 Å². The van der Waals surface area contributed by atoms with Gasteiger partial charge in [-0.15, -0.1) is 11.3 Å². The lowest BCUT2D eigenvalue weighted by Crippen LogP contribution is -2.11. The smallest absolute Gasteiger partial charge is 0.225 e. The highest BCUT2D eigenvalue weighted by atomic mass is 32.1. The van der Waals surface area contributed by atoms with Crippen LogP contribution in [0.2, 0.25) is 0 Å². The molecule has 5 aromatic heterocycles. The van der Waals surface area contributed by atoms with Gasteiger partial charge in [-0.1, -0.05) is 31.5 Å². The molecule has 0 aliphatic carbocycles. The number of nitrogens with zero attached hydrogens (tertiary/aromatic N) is 4. The van der Waals surface area contributed by atoms with E-state index in [4.69, 9.17) is 4.98 Å². The van der Waals surface area contributed by atoms with Crippen molar-refractivity contribution in [2.75, 3.05) is 5.32 Å². The number of fused-ring (bicyclic) bond motifs is 2. The lowest BCUT2D eigenvalue weighted by Gasteiger charge is -2.05. The number of amides is 1. The molecule has 36 heavy (non-hydrogen) atoms. The van der Waals surface area contributed by atoms with E-state index in [0.717, 1.165) is 57.3 Å². The van der Waals surface area contributed by atoms with E-state index in [1.54, 1.807) is 29.8 Å². The zero-order valence-electron chi connectivity index (χ0n) is 19.6. The molecule has 6 rings (SSSR count). The first-order chi connectivity index (χ1) is 17.7. The van der Waals surface area contributed by atoms with Crippen molar-refractivity contribution < 1.29 is 4.79 Å². The Hall–Kier alpha value is -4.37. The molecule has 5 heterocycles. The predicted molar refractivity (Wildman–Crippen MR) is 144 cm³/mol. The normalized spacial score (nSPS) is 11.4. The Kier molecular flexibility index (Phi) is 5.74. The number of H-pyrrole nitrogens is 2. The molecule has 178 valence electrons. The first-order valence-corrected chi connectivity index (χ1v) is 12.7. The van der Waals surface area contributed by atoms with E-state index in [-0.39, 0.29) is 5.91 Å². The van der Waals surface area contributed by atoms with E-state index in [0.29, 0.717) is 18.1 Å². The van der Waals surface area contributed by atoms with Crippen molar-refractivity contribution >= 4 is 45.0 Å². The number of pyridine rings is 2. The summed E-state index contributed by atoms with van der Waals surface area (Å²) in [6, 6.07) is 16.0. The average Bonchev–Trinajstić information content (AvgIpc) is 3.66. The van der Waals surface area contributed by atoms with Crippen LogP contribution in [-0.4, -0.2) is 36.0 Å². The van der Waals surface area contributed by atoms with Gasteiger partial charge in [-0.2, -0.15) is 5.10 Å². The number of hydrogen-bond donors (Lipinski definition) is 3. The minimum Gasteiger partial charge on any atom is -0.337 e. The molecule has 0 saturated carbocycles. The largest absolute Gasteiger partial charge is 0.337 e. The van der Waals surface area contributed by atoms with Crippen LogP contribution in [0.1, 0.15) is 26.2 Å². The third-order valence-corrected chi connectivity index (χ3v) is 6.96. The zero-order valence-corrected chi connectivity index (χ0v) is 20.4. The minimum atomic E-state index is -0.0206. The van der Waals surface area contributed by atoms with Gasteiger partial charge < -0.3 is 10.3 Å². The van der Waals surface area contributed by atoms with Crippen LogP contribution in [0.25, 0.3) is 55.2 Å². The van der Waals surface area contributed by atoms with Crippen molar-refractivity contribution in [3.05, 3.63) is 66.3 Å². The van der Waals surface area contributed by atoms with Gasteiger partial charge in [0.1, 0.15) is 11.5 Å². The summed E-state index contributed by atoms with van der Waals surface area (Å²) in [5, 5.41) is 13.4. The number of thiophene rings is 1. The molecule has 0 saturated heterocycles. The number of nitrogens with one attached hydrogen (secondary N) is 3. The maximum Gasteiger partial charge on any atom is 0.225 e. The number of rotatable bonds is 7. The molecule has 0 aliphatic rings. The summed E-state index contributed by atoms with van der Waals surface area (Å²) in [7, 11) is 0. The van der Waals surface area contributed by atoms with Crippen LogP contribution in [0.15, 0.2) is 66.3 Å². The van der Waals surface area contributed by atoms with Gasteiger partial charge in [-0.3, -0.25) is 14.9 Å². The number of carbonyl (C=O) groups is 1. The summed E-state index contributed by atoms with van der Waals surface area (Å²) in [6.07, 6.45) is 5.83. The van der Waals surface area contributed by atoms with Gasteiger partial charge >= 0.3 is 0 Å². The van der Waals surface area contributed by atoms with E-state index in [9.17, 15) is 4.79 Å². The zero-order chi connectivity index (χ0) is 24.5. The molecule has 0 radical (unpaired) electrons. The van der Waals surface area contributed by atoms with Crippen LogP contribution in [0.5, 0.6) is 0 Å². The molecule has 1 amide bonds. The van der Waals surface area contributed by atoms with Crippen molar-refractivity contribution in [2.45, 2.75) is 26.2 Å². The van der Waals surface area contributed by atoms with Gasteiger partial charge in [0, 0.05) is 34.0 Å². The van der Waals surface area contributed by atoms with Crippen LogP contribution in [0.4, 0.5) is 5.82 Å². The Labute approximate surface area is 210 Å². The molecule has 0 spiro atoms. The first-order valence-electron chi connectivity index (χ1n) is 11.8. The topological polar surface area (TPSA) is 112 Å². The molecule has 0 atom stereocenters. The second-order valence-corrected chi connectivity index (χ2v) is 9.48. The maximum absolute atomic E-state index is 12.0. The quantitative estimate of drug-likeness (QED) is 0.237. The molecule has 3 N–H and O–H groups in total. The van der Waals surface area contributed by atoms with Gasteiger partial charge in [-0.25, -0.2) is 9.97 Å².